The predicted octanol–water partition coefficient (Wildman–Crippen LogP) is 1.50. The summed E-state index contributed by atoms with van der Waals surface area (Å²) in [5, 5.41) is 9.57. The number of nitrogen functional groups attached to an aromatic ring is 1. The van der Waals surface area contributed by atoms with Crippen molar-refractivity contribution in [2.24, 2.45) is 0 Å². The van der Waals surface area contributed by atoms with Crippen LogP contribution in [0.3, 0.4) is 0 Å². The van der Waals surface area contributed by atoms with Crippen LogP contribution >= 0.6 is 11.6 Å². The average molecular weight is 263 g/mol. The van der Waals surface area contributed by atoms with E-state index in [2.05, 4.69) is 0 Å². The molecule has 0 heterocycles. The third-order valence-electron chi connectivity index (χ3n) is 2.33. The molecule has 1 unspecified atom stereocenters. The number of hydrogen-bond donors (Lipinski definition) is 2. The molecule has 0 radical (unpaired) electrons. The van der Waals surface area contributed by atoms with Gasteiger partial charge >= 0.3 is 0 Å². The molecule has 0 fully saturated rings. The molecular formula is C11H16ClFN2O2. The number of aliphatic hydroxyl groups is 1. The summed E-state index contributed by atoms with van der Waals surface area (Å²) in [6.45, 7) is 0.377. The summed E-state index contributed by atoms with van der Waals surface area (Å²) >= 11 is 5.68. The number of halogens is 2. The third kappa shape index (κ3) is 3.46. The lowest BCUT2D eigenvalue weighted by atomic mass is 10.2. The Hall–Kier alpha value is -1.04. The maximum atomic E-state index is 13.8. The molecule has 3 N–H and O–H groups in total. The first kappa shape index (κ1) is 14.0. The zero-order valence-corrected chi connectivity index (χ0v) is 10.5. The summed E-state index contributed by atoms with van der Waals surface area (Å²) in [5.74, 6) is -0.584. The molecule has 0 amide bonds. The van der Waals surface area contributed by atoms with Crippen LogP contribution in [0.15, 0.2) is 12.1 Å². The van der Waals surface area contributed by atoms with Gasteiger partial charge in [-0.2, -0.15) is 0 Å². The molecule has 0 bridgehead atoms. The molecule has 1 atom stereocenters. The Kier molecular flexibility index (Phi) is 4.99. The highest BCUT2D eigenvalue weighted by Gasteiger charge is 2.17. The van der Waals surface area contributed by atoms with Gasteiger partial charge in [0.2, 0.25) is 0 Å². The lowest BCUT2D eigenvalue weighted by Gasteiger charge is -2.24. The zero-order valence-electron chi connectivity index (χ0n) is 9.78. The third-order valence-corrected chi connectivity index (χ3v) is 2.62. The Labute approximate surface area is 105 Å². The minimum Gasteiger partial charge on any atom is -0.397 e. The maximum absolute atomic E-state index is 13.8. The van der Waals surface area contributed by atoms with E-state index in [1.807, 2.05) is 0 Å². The van der Waals surface area contributed by atoms with Crippen molar-refractivity contribution in [3.05, 3.63) is 23.0 Å². The summed E-state index contributed by atoms with van der Waals surface area (Å²) in [4.78, 5) is 1.51. The summed E-state index contributed by atoms with van der Waals surface area (Å²) in [7, 11) is 3.11. The number of nitrogens with two attached hydrogens (primary N) is 1. The van der Waals surface area contributed by atoms with E-state index in [1.165, 1.54) is 24.1 Å². The highest BCUT2D eigenvalue weighted by molar-refractivity contribution is 6.31. The maximum Gasteiger partial charge on any atom is 0.167 e. The van der Waals surface area contributed by atoms with Crippen molar-refractivity contribution in [3.8, 4) is 0 Å². The number of ether oxygens (including phenoxy) is 1. The van der Waals surface area contributed by atoms with E-state index in [0.717, 1.165) is 0 Å². The van der Waals surface area contributed by atoms with Crippen LogP contribution in [-0.4, -0.2) is 38.5 Å². The normalized spacial score (nSPS) is 12.5. The second-order valence-electron chi connectivity index (χ2n) is 3.79. The molecule has 17 heavy (non-hydrogen) atoms. The van der Waals surface area contributed by atoms with Gasteiger partial charge in [-0.1, -0.05) is 11.6 Å². The van der Waals surface area contributed by atoms with E-state index >= 15 is 0 Å². The van der Waals surface area contributed by atoms with E-state index in [1.54, 1.807) is 7.05 Å². The fourth-order valence-corrected chi connectivity index (χ4v) is 1.75. The monoisotopic (exact) mass is 262 g/mol. The standard InChI is InChI=1S/C11H16ClFN2O2/c1-15(5-7(16)6-17-2)11-9(14)4-3-8(12)10(11)13/h3-4,7,16H,5-6,14H2,1-2H3. The van der Waals surface area contributed by atoms with Crippen molar-refractivity contribution >= 4 is 23.0 Å². The number of anilines is 2. The molecule has 0 aliphatic carbocycles. The lowest BCUT2D eigenvalue weighted by Crippen LogP contribution is -2.32. The number of hydrogen-bond acceptors (Lipinski definition) is 4. The van der Waals surface area contributed by atoms with Crippen LogP contribution in [0.1, 0.15) is 0 Å². The molecule has 0 aliphatic heterocycles. The van der Waals surface area contributed by atoms with Crippen LogP contribution in [-0.2, 0) is 4.74 Å². The van der Waals surface area contributed by atoms with Gasteiger partial charge in [-0.25, -0.2) is 4.39 Å². The summed E-state index contributed by atoms with van der Waals surface area (Å²) in [6, 6.07) is 2.93. The van der Waals surface area contributed by atoms with Gasteiger partial charge in [0, 0.05) is 20.7 Å². The topological polar surface area (TPSA) is 58.7 Å². The smallest absolute Gasteiger partial charge is 0.167 e. The van der Waals surface area contributed by atoms with Crippen molar-refractivity contribution in [2.45, 2.75) is 6.10 Å². The van der Waals surface area contributed by atoms with Crippen LogP contribution in [0.25, 0.3) is 0 Å². The van der Waals surface area contributed by atoms with Crippen molar-refractivity contribution in [2.75, 3.05) is 37.9 Å². The molecule has 4 nitrogen and oxygen atoms in total. The number of benzene rings is 1. The second-order valence-corrected chi connectivity index (χ2v) is 4.20. The van der Waals surface area contributed by atoms with Crippen LogP contribution in [0.4, 0.5) is 15.8 Å². The Morgan fingerprint density at radius 1 is 1.59 bits per heavy atom. The first-order valence-electron chi connectivity index (χ1n) is 5.09. The van der Waals surface area contributed by atoms with Crippen molar-refractivity contribution in [1.82, 2.24) is 0 Å². The van der Waals surface area contributed by atoms with Crippen LogP contribution in [0, 0.1) is 5.82 Å². The molecule has 0 spiro atoms. The number of rotatable bonds is 5. The van der Waals surface area contributed by atoms with E-state index in [4.69, 9.17) is 22.1 Å². The van der Waals surface area contributed by atoms with E-state index in [-0.39, 0.29) is 29.5 Å². The van der Waals surface area contributed by atoms with Crippen molar-refractivity contribution in [3.63, 3.8) is 0 Å². The van der Waals surface area contributed by atoms with Crippen molar-refractivity contribution in [1.29, 1.82) is 0 Å². The van der Waals surface area contributed by atoms with Crippen LogP contribution in [0.2, 0.25) is 5.02 Å². The molecule has 1 aromatic carbocycles. The lowest BCUT2D eigenvalue weighted by molar-refractivity contribution is 0.0694. The molecular weight excluding hydrogens is 247 g/mol. The molecule has 0 saturated carbocycles. The van der Waals surface area contributed by atoms with E-state index < -0.39 is 11.9 Å². The largest absolute Gasteiger partial charge is 0.397 e. The molecule has 6 heteroatoms. The van der Waals surface area contributed by atoms with Gasteiger partial charge in [-0.05, 0) is 12.1 Å². The fraction of sp³-hybridized carbons (Fsp3) is 0.455. The van der Waals surface area contributed by atoms with Crippen LogP contribution in [0.5, 0.6) is 0 Å². The molecule has 0 aliphatic rings. The highest BCUT2D eigenvalue weighted by atomic mass is 35.5. The van der Waals surface area contributed by atoms with Gasteiger partial charge in [-0.15, -0.1) is 0 Å². The summed E-state index contributed by atoms with van der Waals surface area (Å²) in [5.41, 5.74) is 6.15. The molecule has 96 valence electrons. The molecule has 0 aromatic heterocycles. The number of likely N-dealkylation sites (N-methyl/N-ethyl adjacent to an activating group) is 1. The van der Waals surface area contributed by atoms with Crippen LogP contribution < -0.4 is 10.6 Å². The molecule has 0 saturated heterocycles. The van der Waals surface area contributed by atoms with Gasteiger partial charge in [0.25, 0.3) is 0 Å². The Bertz CT molecular complexity index is 390. The average Bonchev–Trinajstić information content (AvgIpc) is 2.24. The predicted molar refractivity (Wildman–Crippen MR) is 67.0 cm³/mol. The minimum atomic E-state index is -0.720. The van der Waals surface area contributed by atoms with E-state index in [9.17, 15) is 9.50 Å². The first-order chi connectivity index (χ1) is 7.97. The van der Waals surface area contributed by atoms with Gasteiger partial charge in [0.15, 0.2) is 5.82 Å². The Balaban J connectivity index is 2.88. The van der Waals surface area contributed by atoms with Gasteiger partial charge < -0.3 is 20.5 Å². The molecule has 1 rings (SSSR count). The number of methoxy groups -OCH3 is 1. The summed E-state index contributed by atoms with van der Waals surface area (Å²) < 4.78 is 18.6. The summed E-state index contributed by atoms with van der Waals surface area (Å²) in [6.07, 6.45) is -0.720. The quantitative estimate of drug-likeness (QED) is 0.790. The Morgan fingerprint density at radius 2 is 2.24 bits per heavy atom. The van der Waals surface area contributed by atoms with Gasteiger partial charge in [-0.3, -0.25) is 0 Å². The van der Waals surface area contributed by atoms with E-state index in [0.29, 0.717) is 0 Å². The van der Waals surface area contributed by atoms with Gasteiger partial charge in [0.1, 0.15) is 0 Å². The minimum absolute atomic E-state index is 0.00211. The SMILES string of the molecule is COCC(O)CN(C)c1c(N)ccc(Cl)c1F. The van der Waals surface area contributed by atoms with Gasteiger partial charge in [0.05, 0.1) is 29.1 Å². The number of aliphatic hydroxyl groups excluding tert-OH is 1. The zero-order chi connectivity index (χ0) is 13.0. The Morgan fingerprint density at radius 3 is 2.82 bits per heavy atom. The van der Waals surface area contributed by atoms with Crippen molar-refractivity contribution < 1.29 is 14.2 Å². The molecule has 1 aromatic rings. The highest BCUT2D eigenvalue weighted by Crippen LogP contribution is 2.31. The fourth-order valence-electron chi connectivity index (χ4n) is 1.60. The first-order valence-corrected chi connectivity index (χ1v) is 5.46. The number of nitrogens with zero attached hydrogens (tertiary/aromatic N) is 1. The second kappa shape index (κ2) is 6.05.